The second-order valence-corrected chi connectivity index (χ2v) is 8.01. The van der Waals surface area contributed by atoms with Crippen LogP contribution in [-0.2, 0) is 0 Å². The largest absolute Gasteiger partial charge is 0.338 e. The van der Waals surface area contributed by atoms with Crippen molar-refractivity contribution >= 4 is 38.4 Å². The lowest BCUT2D eigenvalue weighted by Crippen LogP contribution is -2.47. The highest BCUT2D eigenvalue weighted by atomic mass is 32.1. The van der Waals surface area contributed by atoms with Crippen molar-refractivity contribution in [2.75, 3.05) is 31.1 Å². The highest BCUT2D eigenvalue weighted by Gasteiger charge is 2.25. The van der Waals surface area contributed by atoms with Crippen molar-refractivity contribution in [1.82, 2.24) is 19.9 Å². The molecule has 5 nitrogen and oxygen atoms in total. The molecule has 1 unspecified atom stereocenters. The van der Waals surface area contributed by atoms with Crippen molar-refractivity contribution in [3.8, 4) is 0 Å². The van der Waals surface area contributed by atoms with Crippen LogP contribution >= 0.6 is 11.3 Å². The molecule has 0 saturated carbocycles. The van der Waals surface area contributed by atoms with Crippen LogP contribution in [0.3, 0.4) is 0 Å². The number of fused-ring (bicyclic) bond motifs is 2. The average molecular weight is 376 g/mol. The monoisotopic (exact) mass is 375 g/mol. The number of piperazine rings is 1. The van der Waals surface area contributed by atoms with Gasteiger partial charge in [0.15, 0.2) is 0 Å². The molecule has 1 atom stereocenters. The summed E-state index contributed by atoms with van der Waals surface area (Å²) in [4.78, 5) is 18.9. The van der Waals surface area contributed by atoms with Crippen LogP contribution in [0.4, 0.5) is 5.95 Å². The SMILES string of the molecule is CC(c1nc2ccccc2s1)N1CCN(c2ncc3ccccc3n2)CC1. The third kappa shape index (κ3) is 3.15. The van der Waals surface area contributed by atoms with Gasteiger partial charge in [0.1, 0.15) is 5.01 Å². The van der Waals surface area contributed by atoms with Crippen molar-refractivity contribution in [3.05, 3.63) is 59.7 Å². The first-order valence-corrected chi connectivity index (χ1v) is 10.2. The number of rotatable bonds is 3. The van der Waals surface area contributed by atoms with E-state index in [-0.39, 0.29) is 0 Å². The zero-order valence-electron chi connectivity index (χ0n) is 15.2. The summed E-state index contributed by atoms with van der Waals surface area (Å²) in [5, 5.41) is 2.29. The summed E-state index contributed by atoms with van der Waals surface area (Å²) in [6, 6.07) is 16.9. The van der Waals surface area contributed by atoms with E-state index in [2.05, 4.69) is 52.0 Å². The highest BCUT2D eigenvalue weighted by Crippen LogP contribution is 2.30. The average Bonchev–Trinajstić information content (AvgIpc) is 3.17. The topological polar surface area (TPSA) is 45.2 Å². The molecule has 0 radical (unpaired) electrons. The summed E-state index contributed by atoms with van der Waals surface area (Å²) in [7, 11) is 0. The minimum Gasteiger partial charge on any atom is -0.338 e. The number of para-hydroxylation sites is 2. The van der Waals surface area contributed by atoms with Crippen LogP contribution in [0.1, 0.15) is 18.0 Å². The molecule has 2 aromatic heterocycles. The first-order valence-electron chi connectivity index (χ1n) is 9.34. The summed E-state index contributed by atoms with van der Waals surface area (Å²) >= 11 is 1.81. The van der Waals surface area contributed by atoms with E-state index in [1.54, 1.807) is 11.3 Å². The first kappa shape index (κ1) is 16.6. The molecule has 1 saturated heterocycles. The lowest BCUT2D eigenvalue weighted by Gasteiger charge is -2.37. The van der Waals surface area contributed by atoms with Crippen LogP contribution in [0.25, 0.3) is 21.1 Å². The number of benzene rings is 2. The van der Waals surface area contributed by atoms with Gasteiger partial charge in [-0.1, -0.05) is 30.3 Å². The Morgan fingerprint density at radius 1 is 0.889 bits per heavy atom. The van der Waals surface area contributed by atoms with Gasteiger partial charge in [0.05, 0.1) is 21.8 Å². The first-order chi connectivity index (χ1) is 13.3. The van der Waals surface area contributed by atoms with E-state index in [0.29, 0.717) is 6.04 Å². The molecule has 0 spiro atoms. The molecule has 1 aliphatic rings. The van der Waals surface area contributed by atoms with Gasteiger partial charge in [-0.3, -0.25) is 4.90 Å². The van der Waals surface area contributed by atoms with E-state index in [1.165, 1.54) is 9.71 Å². The molecule has 0 N–H and O–H groups in total. The lowest BCUT2D eigenvalue weighted by atomic mass is 10.2. The third-order valence-electron chi connectivity index (χ3n) is 5.29. The highest BCUT2D eigenvalue weighted by molar-refractivity contribution is 7.18. The van der Waals surface area contributed by atoms with E-state index in [4.69, 9.17) is 9.97 Å². The van der Waals surface area contributed by atoms with Crippen molar-refractivity contribution in [3.63, 3.8) is 0 Å². The molecular formula is C21H21N5S. The van der Waals surface area contributed by atoms with E-state index in [0.717, 1.165) is 48.5 Å². The zero-order valence-corrected chi connectivity index (χ0v) is 16.1. The molecule has 0 aliphatic carbocycles. The predicted molar refractivity (Wildman–Crippen MR) is 111 cm³/mol. The Balaban J connectivity index is 1.30. The summed E-state index contributed by atoms with van der Waals surface area (Å²) in [5.41, 5.74) is 2.11. The fourth-order valence-electron chi connectivity index (χ4n) is 3.65. The van der Waals surface area contributed by atoms with Gasteiger partial charge in [0.2, 0.25) is 5.95 Å². The number of aromatic nitrogens is 3. The Bertz CT molecular complexity index is 1050. The minimum atomic E-state index is 0.335. The van der Waals surface area contributed by atoms with Crippen LogP contribution in [0.2, 0.25) is 0 Å². The van der Waals surface area contributed by atoms with E-state index >= 15 is 0 Å². The summed E-state index contributed by atoms with van der Waals surface area (Å²) in [5.74, 6) is 0.834. The van der Waals surface area contributed by atoms with Gasteiger partial charge in [-0.15, -0.1) is 11.3 Å². The smallest absolute Gasteiger partial charge is 0.225 e. The number of hydrogen-bond acceptors (Lipinski definition) is 6. The third-order valence-corrected chi connectivity index (χ3v) is 6.50. The van der Waals surface area contributed by atoms with Crippen molar-refractivity contribution < 1.29 is 0 Å². The van der Waals surface area contributed by atoms with E-state index in [9.17, 15) is 0 Å². The Hall–Kier alpha value is -2.57. The molecule has 0 bridgehead atoms. The summed E-state index contributed by atoms with van der Waals surface area (Å²) in [6.07, 6.45) is 1.92. The molecule has 6 heteroatoms. The molecule has 27 heavy (non-hydrogen) atoms. The summed E-state index contributed by atoms with van der Waals surface area (Å²) < 4.78 is 1.27. The molecule has 1 aliphatic heterocycles. The van der Waals surface area contributed by atoms with Crippen LogP contribution in [0.15, 0.2) is 54.7 Å². The molecule has 0 amide bonds. The maximum absolute atomic E-state index is 4.84. The van der Waals surface area contributed by atoms with Crippen LogP contribution in [0, 0.1) is 0 Å². The number of thiazole rings is 1. The minimum absolute atomic E-state index is 0.335. The van der Waals surface area contributed by atoms with Gasteiger partial charge >= 0.3 is 0 Å². The molecule has 4 aromatic rings. The zero-order chi connectivity index (χ0) is 18.2. The Morgan fingerprint density at radius 2 is 1.63 bits per heavy atom. The molecular weight excluding hydrogens is 354 g/mol. The number of nitrogens with zero attached hydrogens (tertiary/aromatic N) is 5. The van der Waals surface area contributed by atoms with Crippen LogP contribution in [-0.4, -0.2) is 46.0 Å². The van der Waals surface area contributed by atoms with Gasteiger partial charge < -0.3 is 4.90 Å². The summed E-state index contributed by atoms with van der Waals surface area (Å²) in [6.45, 7) is 6.13. The Morgan fingerprint density at radius 3 is 2.44 bits per heavy atom. The standard InChI is InChI=1S/C21H21N5S/c1-15(20-23-18-8-4-5-9-19(18)27-20)25-10-12-26(13-11-25)21-22-14-16-6-2-3-7-17(16)24-21/h2-9,14-15H,10-13H2,1H3. The van der Waals surface area contributed by atoms with Crippen LogP contribution < -0.4 is 4.90 Å². The maximum Gasteiger partial charge on any atom is 0.225 e. The van der Waals surface area contributed by atoms with E-state index < -0.39 is 0 Å². The lowest BCUT2D eigenvalue weighted by molar-refractivity contribution is 0.197. The van der Waals surface area contributed by atoms with Gasteiger partial charge in [-0.2, -0.15) is 0 Å². The van der Waals surface area contributed by atoms with Crippen LogP contribution in [0.5, 0.6) is 0 Å². The molecule has 2 aromatic carbocycles. The second kappa shape index (κ2) is 6.87. The quantitative estimate of drug-likeness (QED) is 0.539. The maximum atomic E-state index is 4.84. The van der Waals surface area contributed by atoms with E-state index in [1.807, 2.05) is 24.4 Å². The number of hydrogen-bond donors (Lipinski definition) is 0. The van der Waals surface area contributed by atoms with Gasteiger partial charge in [0.25, 0.3) is 0 Å². The second-order valence-electron chi connectivity index (χ2n) is 6.95. The number of anilines is 1. The predicted octanol–water partition coefficient (Wildman–Crippen LogP) is 4.12. The van der Waals surface area contributed by atoms with Crippen molar-refractivity contribution in [2.45, 2.75) is 13.0 Å². The Kier molecular flexibility index (Phi) is 4.22. The van der Waals surface area contributed by atoms with Gasteiger partial charge in [0, 0.05) is 37.8 Å². The fraction of sp³-hybridized carbons (Fsp3) is 0.286. The normalized spacial score (nSPS) is 16.9. The van der Waals surface area contributed by atoms with Crippen molar-refractivity contribution in [2.24, 2.45) is 0 Å². The molecule has 3 heterocycles. The molecule has 1 fully saturated rings. The van der Waals surface area contributed by atoms with Crippen molar-refractivity contribution in [1.29, 1.82) is 0 Å². The fourth-order valence-corrected chi connectivity index (χ4v) is 4.70. The Labute approximate surface area is 162 Å². The molecule has 5 rings (SSSR count). The van der Waals surface area contributed by atoms with Gasteiger partial charge in [-0.25, -0.2) is 15.0 Å². The molecule has 136 valence electrons. The van der Waals surface area contributed by atoms with Gasteiger partial charge in [-0.05, 0) is 25.1 Å².